The maximum absolute atomic E-state index is 10.5. The lowest BCUT2D eigenvalue weighted by Crippen LogP contribution is -1.93. The maximum Gasteiger partial charge on any atom is 0.328 e. The largest absolute Gasteiger partial charge is 0.478 e. The average molecular weight is 234 g/mol. The Morgan fingerprint density at radius 3 is 2.94 bits per heavy atom. The normalized spacial score (nSPS) is 13.8. The topological polar surface area (TPSA) is 55.8 Å². The fraction of sp³-hybridized carbons (Fsp3) is 0.308. The zero-order valence-electron chi connectivity index (χ0n) is 9.60. The van der Waals surface area contributed by atoms with Crippen molar-refractivity contribution in [2.45, 2.75) is 19.8 Å². The van der Waals surface area contributed by atoms with E-state index in [0.29, 0.717) is 0 Å². The molecule has 1 N–H and O–H groups in total. The van der Waals surface area contributed by atoms with Crippen molar-refractivity contribution >= 4 is 5.97 Å². The van der Waals surface area contributed by atoms with Crippen LogP contribution in [-0.2, 0) is 11.2 Å². The number of rotatable bonds is 4. The predicted molar refractivity (Wildman–Crippen MR) is 62.3 cm³/mol. The first-order chi connectivity index (χ1) is 8.15. The highest BCUT2D eigenvalue weighted by atomic mass is 16.7. The monoisotopic (exact) mass is 234 g/mol. The van der Waals surface area contributed by atoms with Gasteiger partial charge in [0.15, 0.2) is 11.5 Å². The molecule has 1 aromatic rings. The van der Waals surface area contributed by atoms with Crippen molar-refractivity contribution in [3.05, 3.63) is 35.4 Å². The van der Waals surface area contributed by atoms with Gasteiger partial charge in [-0.2, -0.15) is 0 Å². The fourth-order valence-corrected chi connectivity index (χ4v) is 1.72. The molecule has 1 aliphatic heterocycles. The molecule has 17 heavy (non-hydrogen) atoms. The Hall–Kier alpha value is -1.97. The second kappa shape index (κ2) is 4.91. The molecule has 0 amide bonds. The highest BCUT2D eigenvalue weighted by molar-refractivity contribution is 5.80. The van der Waals surface area contributed by atoms with Gasteiger partial charge in [-0.05, 0) is 37.5 Å². The summed E-state index contributed by atoms with van der Waals surface area (Å²) in [5, 5.41) is 8.60. The molecule has 0 saturated heterocycles. The number of benzene rings is 1. The summed E-state index contributed by atoms with van der Waals surface area (Å²) in [6.07, 6.45) is 2.77. The number of carbonyl (C=O) groups is 1. The van der Waals surface area contributed by atoms with E-state index >= 15 is 0 Å². The minimum Gasteiger partial charge on any atom is -0.478 e. The number of ether oxygens (including phenoxy) is 2. The van der Waals surface area contributed by atoms with Crippen LogP contribution in [0.15, 0.2) is 29.8 Å². The summed E-state index contributed by atoms with van der Waals surface area (Å²) in [5.41, 5.74) is 1.97. The minimum atomic E-state index is -0.895. The highest BCUT2D eigenvalue weighted by Crippen LogP contribution is 2.32. The smallest absolute Gasteiger partial charge is 0.328 e. The molecule has 0 spiro atoms. The zero-order valence-corrected chi connectivity index (χ0v) is 9.60. The SMILES string of the molecule is C/C(=C\C(=O)O)CCc1ccc2c(c1)OCO2. The first-order valence-corrected chi connectivity index (χ1v) is 5.44. The van der Waals surface area contributed by atoms with Gasteiger partial charge < -0.3 is 14.6 Å². The highest BCUT2D eigenvalue weighted by Gasteiger charge is 2.12. The Bertz CT molecular complexity index is 462. The molecule has 1 aliphatic rings. The number of hydrogen-bond acceptors (Lipinski definition) is 3. The summed E-state index contributed by atoms with van der Waals surface area (Å²) in [5.74, 6) is 0.641. The van der Waals surface area contributed by atoms with Gasteiger partial charge in [-0.3, -0.25) is 0 Å². The molecule has 0 saturated carbocycles. The summed E-state index contributed by atoms with van der Waals surface area (Å²) in [4.78, 5) is 10.5. The van der Waals surface area contributed by atoms with E-state index in [1.165, 1.54) is 6.08 Å². The minimum absolute atomic E-state index is 0.275. The number of carboxylic acids is 1. The van der Waals surface area contributed by atoms with E-state index in [2.05, 4.69) is 0 Å². The van der Waals surface area contributed by atoms with Crippen LogP contribution in [-0.4, -0.2) is 17.9 Å². The molecule has 90 valence electrons. The molecular weight excluding hydrogens is 220 g/mol. The zero-order chi connectivity index (χ0) is 12.3. The van der Waals surface area contributed by atoms with E-state index in [4.69, 9.17) is 14.6 Å². The van der Waals surface area contributed by atoms with E-state index in [1.54, 1.807) is 0 Å². The molecule has 0 aliphatic carbocycles. The number of allylic oxidation sites excluding steroid dienone is 1. The van der Waals surface area contributed by atoms with Crippen molar-refractivity contribution in [2.24, 2.45) is 0 Å². The molecule has 1 aromatic carbocycles. The van der Waals surface area contributed by atoms with E-state index in [1.807, 2.05) is 25.1 Å². The molecule has 0 bridgehead atoms. The van der Waals surface area contributed by atoms with E-state index < -0.39 is 5.97 Å². The summed E-state index contributed by atoms with van der Waals surface area (Å²) < 4.78 is 10.5. The van der Waals surface area contributed by atoms with Crippen LogP contribution in [0.3, 0.4) is 0 Å². The van der Waals surface area contributed by atoms with E-state index in [-0.39, 0.29) is 6.79 Å². The van der Waals surface area contributed by atoms with Gasteiger partial charge in [0.05, 0.1) is 0 Å². The Morgan fingerprint density at radius 1 is 1.41 bits per heavy atom. The molecular formula is C13H14O4. The van der Waals surface area contributed by atoms with Crippen LogP contribution >= 0.6 is 0 Å². The molecule has 0 aromatic heterocycles. The Morgan fingerprint density at radius 2 is 2.18 bits per heavy atom. The number of fused-ring (bicyclic) bond motifs is 1. The van der Waals surface area contributed by atoms with Gasteiger partial charge in [-0.15, -0.1) is 0 Å². The molecule has 1 heterocycles. The van der Waals surface area contributed by atoms with Crippen molar-refractivity contribution in [2.75, 3.05) is 6.79 Å². The molecule has 0 fully saturated rings. The third-order valence-electron chi connectivity index (χ3n) is 2.61. The van der Waals surface area contributed by atoms with Crippen molar-refractivity contribution in [3.8, 4) is 11.5 Å². The van der Waals surface area contributed by atoms with Crippen LogP contribution in [0.4, 0.5) is 0 Å². The van der Waals surface area contributed by atoms with Gasteiger partial charge in [-0.25, -0.2) is 4.79 Å². The molecule has 0 unspecified atom stereocenters. The molecule has 4 heteroatoms. The van der Waals surface area contributed by atoms with Gasteiger partial charge in [-0.1, -0.05) is 11.6 Å². The third-order valence-corrected chi connectivity index (χ3v) is 2.61. The van der Waals surface area contributed by atoms with Crippen molar-refractivity contribution in [1.82, 2.24) is 0 Å². The number of aliphatic carboxylic acids is 1. The van der Waals surface area contributed by atoms with Gasteiger partial charge in [0.25, 0.3) is 0 Å². The number of aryl methyl sites for hydroxylation is 1. The van der Waals surface area contributed by atoms with Crippen LogP contribution in [0.5, 0.6) is 11.5 Å². The Labute approximate surface area is 99.5 Å². The lowest BCUT2D eigenvalue weighted by atomic mass is 10.0. The molecule has 0 radical (unpaired) electrons. The standard InChI is InChI=1S/C13H14O4/c1-9(6-13(14)15)2-3-10-4-5-11-12(7-10)17-8-16-11/h4-7H,2-3,8H2,1H3,(H,14,15)/b9-6+. The molecule has 4 nitrogen and oxygen atoms in total. The van der Waals surface area contributed by atoms with Crippen molar-refractivity contribution < 1.29 is 19.4 Å². The first-order valence-electron chi connectivity index (χ1n) is 5.44. The van der Waals surface area contributed by atoms with Gasteiger partial charge in [0.1, 0.15) is 0 Å². The Balaban J connectivity index is 1.98. The average Bonchev–Trinajstić information content (AvgIpc) is 2.72. The van der Waals surface area contributed by atoms with Gasteiger partial charge >= 0.3 is 5.97 Å². The van der Waals surface area contributed by atoms with E-state index in [9.17, 15) is 4.79 Å². The van der Waals surface area contributed by atoms with Gasteiger partial charge in [0.2, 0.25) is 6.79 Å². The van der Waals surface area contributed by atoms with Crippen LogP contribution in [0.2, 0.25) is 0 Å². The Kier molecular flexibility index (Phi) is 3.32. The molecule has 2 rings (SSSR count). The quantitative estimate of drug-likeness (QED) is 0.812. The van der Waals surface area contributed by atoms with Crippen LogP contribution in [0.25, 0.3) is 0 Å². The second-order valence-corrected chi connectivity index (χ2v) is 4.02. The lowest BCUT2D eigenvalue weighted by Gasteiger charge is -2.03. The summed E-state index contributed by atoms with van der Waals surface area (Å²) in [7, 11) is 0. The van der Waals surface area contributed by atoms with Crippen LogP contribution in [0.1, 0.15) is 18.9 Å². The second-order valence-electron chi connectivity index (χ2n) is 4.02. The van der Waals surface area contributed by atoms with Crippen molar-refractivity contribution in [3.63, 3.8) is 0 Å². The molecule has 0 atom stereocenters. The number of hydrogen-bond donors (Lipinski definition) is 1. The lowest BCUT2D eigenvalue weighted by molar-refractivity contribution is -0.131. The van der Waals surface area contributed by atoms with Crippen molar-refractivity contribution in [1.29, 1.82) is 0 Å². The number of carboxylic acid groups (broad SMARTS) is 1. The maximum atomic E-state index is 10.5. The van der Waals surface area contributed by atoms with Crippen LogP contribution in [0, 0.1) is 0 Å². The van der Waals surface area contributed by atoms with E-state index in [0.717, 1.165) is 35.5 Å². The first kappa shape index (κ1) is 11.5. The van der Waals surface area contributed by atoms with Crippen LogP contribution < -0.4 is 9.47 Å². The predicted octanol–water partition coefficient (Wildman–Crippen LogP) is 2.38. The summed E-state index contributed by atoms with van der Waals surface area (Å²) in [6.45, 7) is 2.10. The third kappa shape index (κ3) is 3.00. The summed E-state index contributed by atoms with van der Waals surface area (Å²) in [6, 6.07) is 5.80. The summed E-state index contributed by atoms with van der Waals surface area (Å²) >= 11 is 0. The fourth-order valence-electron chi connectivity index (χ4n) is 1.72. The van der Waals surface area contributed by atoms with Gasteiger partial charge in [0, 0.05) is 6.08 Å².